The molecule has 0 spiro atoms. The van der Waals surface area contributed by atoms with Gasteiger partial charge in [-0.15, -0.1) is 0 Å². The summed E-state index contributed by atoms with van der Waals surface area (Å²) in [6, 6.07) is 17.2. The van der Waals surface area contributed by atoms with Gasteiger partial charge in [0.05, 0.1) is 0 Å². The molecule has 4 bridgehead atoms. The summed E-state index contributed by atoms with van der Waals surface area (Å²) < 4.78 is 1.80. The molecule has 3 aromatic rings. The Morgan fingerprint density at radius 1 is 0.622 bits per heavy atom. The number of likely N-dealkylation sites (tertiary alicyclic amines) is 1. The van der Waals surface area contributed by atoms with Crippen LogP contribution in [0.1, 0.15) is 64.5 Å². The lowest BCUT2D eigenvalue weighted by atomic mass is 9.47. The highest BCUT2D eigenvalue weighted by atomic mass is 16.3. The van der Waals surface area contributed by atoms with E-state index in [9.17, 15) is 10.2 Å². The molecule has 11 rings (SSSR count). The smallest absolute Gasteiger partial charge is 0.198 e. The van der Waals surface area contributed by atoms with E-state index in [0.29, 0.717) is 6.54 Å². The molecule has 6 atom stereocenters. The molecule has 0 amide bonds. The number of aromatic hydroxyl groups is 2. The number of allylic oxidation sites excluding steroid dienone is 2. The van der Waals surface area contributed by atoms with Crippen LogP contribution in [0.15, 0.2) is 60.7 Å². The van der Waals surface area contributed by atoms with Crippen molar-refractivity contribution < 1.29 is 10.2 Å². The Balaban J connectivity index is 0.988. The maximum absolute atomic E-state index is 11.5. The first kappa shape index (κ1) is 21.0. The molecule has 7 aliphatic carbocycles. The van der Waals surface area contributed by atoms with E-state index < -0.39 is 0 Å². The summed E-state index contributed by atoms with van der Waals surface area (Å²) in [7, 11) is 0. The molecule has 1 aromatic heterocycles. The fourth-order valence-corrected chi connectivity index (χ4v) is 9.80. The summed E-state index contributed by atoms with van der Waals surface area (Å²) in [5.41, 5.74) is 6.91. The van der Waals surface area contributed by atoms with Crippen LogP contribution in [0.3, 0.4) is 0 Å². The largest absolute Gasteiger partial charge is 0.494 e. The molecule has 4 nitrogen and oxygen atoms in total. The van der Waals surface area contributed by atoms with Gasteiger partial charge in [-0.2, -0.15) is 0 Å². The number of rotatable bonds is 4. The van der Waals surface area contributed by atoms with Crippen molar-refractivity contribution in [1.29, 1.82) is 0 Å². The number of hydrogen-bond donors (Lipinski definition) is 2. The van der Waals surface area contributed by atoms with Crippen LogP contribution in [0.5, 0.6) is 11.8 Å². The predicted molar refractivity (Wildman–Crippen MR) is 143 cm³/mol. The molecule has 1 saturated heterocycles. The Morgan fingerprint density at radius 3 is 1.51 bits per heavy atom. The van der Waals surface area contributed by atoms with Crippen LogP contribution >= 0.6 is 0 Å². The van der Waals surface area contributed by atoms with Crippen LogP contribution in [0.2, 0.25) is 0 Å². The van der Waals surface area contributed by atoms with E-state index in [2.05, 4.69) is 65.6 Å². The van der Waals surface area contributed by atoms with Gasteiger partial charge < -0.3 is 15.1 Å². The molecule has 3 fully saturated rings. The summed E-state index contributed by atoms with van der Waals surface area (Å²) in [5, 5.41) is 23.0. The van der Waals surface area contributed by atoms with Crippen LogP contribution < -0.4 is 0 Å². The summed E-state index contributed by atoms with van der Waals surface area (Å²) in [6.07, 6.45) is 8.98. The van der Waals surface area contributed by atoms with Gasteiger partial charge in [0.15, 0.2) is 11.8 Å². The molecule has 2 N–H and O–H groups in total. The molecular formula is C33H34N2O2. The Labute approximate surface area is 218 Å². The van der Waals surface area contributed by atoms with Crippen LogP contribution in [0.4, 0.5) is 0 Å². The van der Waals surface area contributed by atoms with Gasteiger partial charge in [0.1, 0.15) is 0 Å². The van der Waals surface area contributed by atoms with Crippen molar-refractivity contribution in [2.45, 2.75) is 37.6 Å². The summed E-state index contributed by atoms with van der Waals surface area (Å²) in [4.78, 5) is 2.68. The Kier molecular flexibility index (Phi) is 4.15. The van der Waals surface area contributed by atoms with Crippen molar-refractivity contribution in [3.05, 3.63) is 94.1 Å². The third kappa shape index (κ3) is 2.58. The average molecular weight is 491 g/mol. The molecule has 4 heteroatoms. The average Bonchev–Trinajstić information content (AvgIpc) is 3.45. The van der Waals surface area contributed by atoms with Crippen LogP contribution in [-0.4, -0.2) is 39.3 Å². The molecule has 1 aliphatic heterocycles. The molecule has 188 valence electrons. The zero-order valence-electron chi connectivity index (χ0n) is 21.1. The van der Waals surface area contributed by atoms with Crippen molar-refractivity contribution >= 4 is 0 Å². The van der Waals surface area contributed by atoms with E-state index in [1.807, 2.05) is 0 Å². The van der Waals surface area contributed by atoms with Gasteiger partial charge in [-0.25, -0.2) is 0 Å². The van der Waals surface area contributed by atoms with E-state index >= 15 is 0 Å². The van der Waals surface area contributed by atoms with E-state index in [1.165, 1.54) is 48.2 Å². The van der Waals surface area contributed by atoms with Crippen LogP contribution in [0.25, 0.3) is 0 Å². The third-order valence-electron chi connectivity index (χ3n) is 11.4. The maximum Gasteiger partial charge on any atom is 0.198 e. The minimum absolute atomic E-state index is 0.0143. The number of nitrogens with zero attached hydrogens (tertiary/aromatic N) is 2. The van der Waals surface area contributed by atoms with Gasteiger partial charge in [0.25, 0.3) is 0 Å². The van der Waals surface area contributed by atoms with Gasteiger partial charge in [0.2, 0.25) is 0 Å². The molecule has 2 saturated carbocycles. The van der Waals surface area contributed by atoms with Gasteiger partial charge in [-0.3, -0.25) is 4.57 Å². The normalized spacial score (nSPS) is 35.5. The lowest BCUT2D eigenvalue weighted by Crippen LogP contribution is -2.52. The standard InChI is InChI=1S/C33H34N2O2/c36-32-30-28-22-6-1-2-7-23(22)29(25-9-4-3-8-24(25)28)31(30)33(37)35(32)15-5-14-34-16-26-20-12-13-21(27(26)17-34)19-11-10-18(19)20/h1-4,6-9,12-13,18-21,26-29,36-37H,5,10-11,14-17H2. The fraction of sp³-hybridized carbons (Fsp3) is 0.455. The van der Waals surface area contributed by atoms with Gasteiger partial charge in [0, 0.05) is 42.6 Å². The van der Waals surface area contributed by atoms with Crippen LogP contribution in [0, 0.1) is 35.5 Å². The topological polar surface area (TPSA) is 48.6 Å². The van der Waals surface area contributed by atoms with Gasteiger partial charge >= 0.3 is 0 Å². The Bertz CT molecular complexity index is 1320. The molecular weight excluding hydrogens is 456 g/mol. The molecule has 37 heavy (non-hydrogen) atoms. The van der Waals surface area contributed by atoms with E-state index in [4.69, 9.17) is 0 Å². The third-order valence-corrected chi connectivity index (χ3v) is 11.4. The first-order valence-corrected chi connectivity index (χ1v) is 14.4. The summed E-state index contributed by atoms with van der Waals surface area (Å²) >= 11 is 0. The lowest BCUT2D eigenvalue weighted by molar-refractivity contribution is -0.0355. The maximum atomic E-state index is 11.5. The van der Waals surface area contributed by atoms with E-state index in [1.54, 1.807) is 4.57 Å². The second-order valence-electron chi connectivity index (χ2n) is 12.6. The fourth-order valence-electron chi connectivity index (χ4n) is 9.80. The zero-order valence-corrected chi connectivity index (χ0v) is 21.1. The van der Waals surface area contributed by atoms with Crippen molar-refractivity contribution in [3.8, 4) is 11.8 Å². The lowest BCUT2D eigenvalue weighted by Gasteiger charge is -2.57. The van der Waals surface area contributed by atoms with Crippen molar-refractivity contribution in [2.75, 3.05) is 19.6 Å². The zero-order chi connectivity index (χ0) is 24.4. The van der Waals surface area contributed by atoms with E-state index in [0.717, 1.165) is 59.6 Å². The number of benzene rings is 2. The summed E-state index contributed by atoms with van der Waals surface area (Å²) in [6.45, 7) is 4.15. The molecule has 8 aliphatic rings. The SMILES string of the molecule is Oc1c2c(c(O)n1CCCN1CC3C4C=CC(C5CCC45)C3C1)C1c3ccccc3C2c2ccccc21. The highest BCUT2D eigenvalue weighted by Crippen LogP contribution is 2.62. The summed E-state index contributed by atoms with van der Waals surface area (Å²) in [5.74, 6) is 5.79. The van der Waals surface area contributed by atoms with Crippen LogP contribution in [-0.2, 0) is 6.54 Å². The quantitative estimate of drug-likeness (QED) is 0.319. The molecule has 2 aromatic carbocycles. The predicted octanol–water partition coefficient (Wildman–Crippen LogP) is 5.67. The minimum Gasteiger partial charge on any atom is -0.494 e. The minimum atomic E-state index is -0.0143. The van der Waals surface area contributed by atoms with E-state index in [-0.39, 0.29) is 23.6 Å². The van der Waals surface area contributed by atoms with Crippen molar-refractivity contribution in [1.82, 2.24) is 9.47 Å². The van der Waals surface area contributed by atoms with Crippen molar-refractivity contribution in [2.24, 2.45) is 35.5 Å². The van der Waals surface area contributed by atoms with Gasteiger partial charge in [-0.05, 0) is 83.6 Å². The highest BCUT2D eigenvalue weighted by Gasteiger charge is 2.57. The number of aromatic nitrogens is 1. The molecule has 2 heterocycles. The highest BCUT2D eigenvalue weighted by molar-refractivity contribution is 5.72. The number of hydrogen-bond acceptors (Lipinski definition) is 3. The molecule has 0 radical (unpaired) electrons. The first-order chi connectivity index (χ1) is 18.2. The molecule has 6 unspecified atom stereocenters. The second kappa shape index (κ2) is 7.32. The van der Waals surface area contributed by atoms with Crippen molar-refractivity contribution in [3.63, 3.8) is 0 Å². The monoisotopic (exact) mass is 490 g/mol. The van der Waals surface area contributed by atoms with Gasteiger partial charge in [-0.1, -0.05) is 60.7 Å². The second-order valence-corrected chi connectivity index (χ2v) is 12.6. The Morgan fingerprint density at radius 2 is 1.08 bits per heavy atom. The first-order valence-electron chi connectivity index (χ1n) is 14.4. The Hall–Kier alpha value is -2.98.